The highest BCUT2D eigenvalue weighted by Crippen LogP contribution is 2.25. The summed E-state index contributed by atoms with van der Waals surface area (Å²) in [4.78, 5) is 29.2. The molecule has 1 amide bonds. The van der Waals surface area contributed by atoms with E-state index in [1.54, 1.807) is 0 Å². The van der Waals surface area contributed by atoms with Gasteiger partial charge in [0.25, 0.3) is 5.91 Å². The molecule has 0 aliphatic heterocycles. The standard InChI is InChI=1S/C14H22N4O3/c1-14(2,3)13-15-11(16-17-13)12(21)18(8-10(19)20)9-6-4-5-7-9/h9H,4-8H2,1-3H3,(H,19,20)(H,15,16,17). The molecule has 1 heterocycles. The Morgan fingerprint density at radius 2 is 1.95 bits per heavy atom. The molecule has 0 spiro atoms. The topological polar surface area (TPSA) is 99.2 Å². The van der Waals surface area contributed by atoms with Gasteiger partial charge in [0.2, 0.25) is 5.82 Å². The third-order valence-electron chi connectivity index (χ3n) is 3.72. The first-order valence-corrected chi connectivity index (χ1v) is 7.24. The van der Waals surface area contributed by atoms with Crippen LogP contribution in [0.5, 0.6) is 0 Å². The van der Waals surface area contributed by atoms with E-state index in [0.29, 0.717) is 5.82 Å². The zero-order chi connectivity index (χ0) is 15.6. The van der Waals surface area contributed by atoms with Gasteiger partial charge in [-0.2, -0.15) is 0 Å². The van der Waals surface area contributed by atoms with E-state index in [4.69, 9.17) is 5.11 Å². The van der Waals surface area contributed by atoms with Crippen molar-refractivity contribution in [2.75, 3.05) is 6.54 Å². The minimum Gasteiger partial charge on any atom is -0.480 e. The van der Waals surface area contributed by atoms with Gasteiger partial charge in [0.1, 0.15) is 12.4 Å². The van der Waals surface area contributed by atoms with E-state index in [9.17, 15) is 9.59 Å². The summed E-state index contributed by atoms with van der Waals surface area (Å²) in [7, 11) is 0. The van der Waals surface area contributed by atoms with E-state index >= 15 is 0 Å². The maximum atomic E-state index is 12.5. The van der Waals surface area contributed by atoms with Crippen LogP contribution in [0.3, 0.4) is 0 Å². The molecule has 1 fully saturated rings. The highest BCUT2D eigenvalue weighted by atomic mass is 16.4. The Morgan fingerprint density at radius 3 is 2.43 bits per heavy atom. The maximum absolute atomic E-state index is 12.5. The molecule has 116 valence electrons. The lowest BCUT2D eigenvalue weighted by atomic mass is 9.96. The number of nitrogens with zero attached hydrogens (tertiary/aromatic N) is 3. The van der Waals surface area contributed by atoms with Crippen LogP contribution >= 0.6 is 0 Å². The highest BCUT2D eigenvalue weighted by molar-refractivity contribution is 5.92. The van der Waals surface area contributed by atoms with Crippen LogP contribution in [-0.4, -0.2) is 49.7 Å². The molecule has 2 N–H and O–H groups in total. The number of aromatic amines is 1. The largest absolute Gasteiger partial charge is 0.480 e. The Kier molecular flexibility index (Phi) is 4.29. The Balaban J connectivity index is 2.21. The zero-order valence-electron chi connectivity index (χ0n) is 12.7. The first kappa shape index (κ1) is 15.5. The summed E-state index contributed by atoms with van der Waals surface area (Å²) in [5, 5.41) is 15.8. The van der Waals surface area contributed by atoms with Crippen molar-refractivity contribution in [1.29, 1.82) is 0 Å². The second kappa shape index (κ2) is 5.83. The molecule has 0 unspecified atom stereocenters. The van der Waals surface area contributed by atoms with Crippen molar-refractivity contribution >= 4 is 11.9 Å². The minimum atomic E-state index is -1.01. The van der Waals surface area contributed by atoms with E-state index in [1.807, 2.05) is 20.8 Å². The fourth-order valence-corrected chi connectivity index (χ4v) is 2.55. The fraction of sp³-hybridized carbons (Fsp3) is 0.714. The van der Waals surface area contributed by atoms with Gasteiger partial charge >= 0.3 is 5.97 Å². The monoisotopic (exact) mass is 294 g/mol. The Bertz CT molecular complexity index is 527. The van der Waals surface area contributed by atoms with Gasteiger partial charge in [0.05, 0.1) is 0 Å². The van der Waals surface area contributed by atoms with E-state index in [-0.39, 0.29) is 23.8 Å². The van der Waals surface area contributed by atoms with Gasteiger partial charge in [-0.1, -0.05) is 33.6 Å². The first-order valence-electron chi connectivity index (χ1n) is 7.24. The number of H-pyrrole nitrogens is 1. The molecule has 21 heavy (non-hydrogen) atoms. The SMILES string of the molecule is CC(C)(C)c1nc(C(=O)N(CC(=O)O)C2CCCC2)n[nH]1. The van der Waals surface area contributed by atoms with Crippen LogP contribution in [0.25, 0.3) is 0 Å². The van der Waals surface area contributed by atoms with Gasteiger partial charge in [-0.05, 0) is 12.8 Å². The number of carboxylic acids is 1. The first-order chi connectivity index (χ1) is 9.79. The summed E-state index contributed by atoms with van der Waals surface area (Å²) in [6, 6.07) is -0.0230. The van der Waals surface area contributed by atoms with Crippen molar-refractivity contribution in [2.24, 2.45) is 0 Å². The number of aromatic nitrogens is 3. The quantitative estimate of drug-likeness (QED) is 0.878. The molecular formula is C14H22N4O3. The number of hydrogen-bond acceptors (Lipinski definition) is 4. The van der Waals surface area contributed by atoms with Crippen LogP contribution in [0, 0.1) is 0 Å². The molecule has 0 saturated heterocycles. The predicted octanol–water partition coefficient (Wildman–Crippen LogP) is 1.57. The van der Waals surface area contributed by atoms with E-state index < -0.39 is 11.9 Å². The van der Waals surface area contributed by atoms with Crippen molar-refractivity contribution in [3.63, 3.8) is 0 Å². The molecule has 0 atom stereocenters. The highest BCUT2D eigenvalue weighted by Gasteiger charge is 2.32. The number of carbonyl (C=O) groups excluding carboxylic acids is 1. The summed E-state index contributed by atoms with van der Waals surface area (Å²) in [5.74, 6) is -0.751. The molecule has 1 saturated carbocycles. The molecule has 0 bridgehead atoms. The van der Waals surface area contributed by atoms with Crippen molar-refractivity contribution in [3.8, 4) is 0 Å². The Labute approximate surface area is 123 Å². The van der Waals surface area contributed by atoms with E-state index in [2.05, 4.69) is 15.2 Å². The lowest BCUT2D eigenvalue weighted by Gasteiger charge is -2.26. The third kappa shape index (κ3) is 3.59. The zero-order valence-corrected chi connectivity index (χ0v) is 12.7. The molecule has 1 aliphatic carbocycles. The van der Waals surface area contributed by atoms with Crippen LogP contribution in [0.2, 0.25) is 0 Å². The van der Waals surface area contributed by atoms with Gasteiger partial charge in [0, 0.05) is 11.5 Å². The summed E-state index contributed by atoms with van der Waals surface area (Å²) < 4.78 is 0. The summed E-state index contributed by atoms with van der Waals surface area (Å²) >= 11 is 0. The molecule has 2 rings (SSSR count). The molecule has 1 aliphatic rings. The molecule has 1 aromatic heterocycles. The number of aliphatic carboxylic acids is 1. The van der Waals surface area contributed by atoms with E-state index in [0.717, 1.165) is 25.7 Å². The van der Waals surface area contributed by atoms with Gasteiger partial charge < -0.3 is 10.0 Å². The number of rotatable bonds is 4. The van der Waals surface area contributed by atoms with Gasteiger partial charge in [-0.3, -0.25) is 14.7 Å². The van der Waals surface area contributed by atoms with Crippen molar-refractivity contribution in [3.05, 3.63) is 11.6 Å². The second-order valence-corrected chi connectivity index (χ2v) is 6.52. The van der Waals surface area contributed by atoms with Crippen LogP contribution < -0.4 is 0 Å². The average molecular weight is 294 g/mol. The number of carboxylic acid groups (broad SMARTS) is 1. The minimum absolute atomic E-state index is 0.0230. The normalized spacial score (nSPS) is 16.1. The number of carbonyl (C=O) groups is 2. The van der Waals surface area contributed by atoms with Crippen molar-refractivity contribution in [2.45, 2.75) is 57.9 Å². The molecule has 7 nitrogen and oxygen atoms in total. The Hall–Kier alpha value is -1.92. The van der Waals surface area contributed by atoms with Crippen molar-refractivity contribution < 1.29 is 14.7 Å². The molecule has 0 radical (unpaired) electrons. The van der Waals surface area contributed by atoms with Gasteiger partial charge in [-0.25, -0.2) is 4.98 Å². The average Bonchev–Trinajstić information content (AvgIpc) is 3.04. The molecule has 7 heteroatoms. The number of amides is 1. The Morgan fingerprint density at radius 1 is 1.33 bits per heavy atom. The molecule has 0 aromatic carbocycles. The third-order valence-corrected chi connectivity index (χ3v) is 3.72. The summed E-state index contributed by atoms with van der Waals surface area (Å²) in [6.45, 7) is 5.60. The van der Waals surface area contributed by atoms with Gasteiger partial charge in [-0.15, -0.1) is 5.10 Å². The number of hydrogen-bond donors (Lipinski definition) is 2. The van der Waals surface area contributed by atoms with Crippen LogP contribution in [0.15, 0.2) is 0 Å². The molecule has 1 aromatic rings. The summed E-state index contributed by atoms with van der Waals surface area (Å²) in [5.41, 5.74) is -0.240. The lowest BCUT2D eigenvalue weighted by Crippen LogP contribution is -2.42. The summed E-state index contributed by atoms with van der Waals surface area (Å²) in [6.07, 6.45) is 3.73. The second-order valence-electron chi connectivity index (χ2n) is 6.52. The number of nitrogens with one attached hydrogen (secondary N) is 1. The van der Waals surface area contributed by atoms with Gasteiger partial charge in [0.15, 0.2) is 0 Å². The lowest BCUT2D eigenvalue weighted by molar-refractivity contribution is -0.138. The van der Waals surface area contributed by atoms with Crippen LogP contribution in [0.4, 0.5) is 0 Å². The van der Waals surface area contributed by atoms with Crippen LogP contribution in [0.1, 0.15) is 62.9 Å². The predicted molar refractivity (Wildman–Crippen MR) is 76.0 cm³/mol. The van der Waals surface area contributed by atoms with Crippen molar-refractivity contribution in [1.82, 2.24) is 20.1 Å². The maximum Gasteiger partial charge on any atom is 0.323 e. The smallest absolute Gasteiger partial charge is 0.323 e. The van der Waals surface area contributed by atoms with E-state index in [1.165, 1.54) is 4.90 Å². The van der Waals surface area contributed by atoms with Crippen LogP contribution in [-0.2, 0) is 10.2 Å². The fourth-order valence-electron chi connectivity index (χ4n) is 2.55. The molecular weight excluding hydrogens is 272 g/mol.